The summed E-state index contributed by atoms with van der Waals surface area (Å²) in [7, 11) is 1.70. The summed E-state index contributed by atoms with van der Waals surface area (Å²) < 4.78 is 5.47. The molecule has 1 amide bonds. The smallest absolute Gasteiger partial charge is 0.252 e. The van der Waals surface area contributed by atoms with E-state index in [0.29, 0.717) is 0 Å². The molecule has 0 radical (unpaired) electrons. The molecule has 130 valence electrons. The molecule has 2 heterocycles. The number of fused-ring (bicyclic) bond motifs is 1. The number of nitrogens with one attached hydrogen (secondary N) is 1. The zero-order valence-electron chi connectivity index (χ0n) is 14.1. The van der Waals surface area contributed by atoms with Crippen LogP contribution in [0, 0.1) is 0 Å². The Balaban J connectivity index is 1.45. The fraction of sp³-hybridized carbons (Fsp3) is 0.316. The first-order valence-electron chi connectivity index (χ1n) is 8.45. The number of piperazine rings is 1. The van der Waals surface area contributed by atoms with Crippen molar-refractivity contribution in [3.05, 3.63) is 48.5 Å². The van der Waals surface area contributed by atoms with E-state index >= 15 is 0 Å². The molecule has 0 aromatic heterocycles. The second-order valence-corrected chi connectivity index (χ2v) is 7.27. The molecule has 4 rings (SSSR count). The van der Waals surface area contributed by atoms with E-state index in [1.807, 2.05) is 36.4 Å². The maximum absolute atomic E-state index is 12.5. The van der Waals surface area contributed by atoms with Crippen LogP contribution < -0.4 is 15.0 Å². The van der Waals surface area contributed by atoms with Crippen LogP contribution in [-0.2, 0) is 4.79 Å². The number of anilines is 2. The lowest BCUT2D eigenvalue weighted by molar-refractivity contribution is -0.118. The van der Waals surface area contributed by atoms with Gasteiger partial charge < -0.3 is 15.0 Å². The molecule has 25 heavy (non-hydrogen) atoms. The number of nitrogens with zero attached hydrogens (tertiary/aromatic N) is 2. The molecule has 2 aromatic rings. The Labute approximate surface area is 151 Å². The second-order valence-electron chi connectivity index (χ2n) is 6.15. The molecule has 0 aliphatic carbocycles. The third-order valence-corrected chi connectivity index (χ3v) is 6.02. The number of ether oxygens (including phenoxy) is 1. The number of carbonyl (C=O) groups excluding carboxylic acids is 1. The summed E-state index contributed by atoms with van der Waals surface area (Å²) >= 11 is 1.65. The van der Waals surface area contributed by atoms with E-state index in [1.165, 1.54) is 0 Å². The van der Waals surface area contributed by atoms with Gasteiger partial charge in [0.25, 0.3) is 5.91 Å². The average Bonchev–Trinajstić information content (AvgIpc) is 2.67. The summed E-state index contributed by atoms with van der Waals surface area (Å²) in [5.41, 5.74) is 2.04. The summed E-state index contributed by atoms with van der Waals surface area (Å²) in [6, 6.07) is 16.1. The maximum atomic E-state index is 12.5. The van der Waals surface area contributed by atoms with E-state index in [-0.39, 0.29) is 11.3 Å². The first-order valence-corrected chi connectivity index (χ1v) is 9.33. The monoisotopic (exact) mass is 355 g/mol. The van der Waals surface area contributed by atoms with E-state index in [0.717, 1.165) is 48.2 Å². The molecule has 6 heteroatoms. The predicted molar refractivity (Wildman–Crippen MR) is 101 cm³/mol. The van der Waals surface area contributed by atoms with E-state index in [1.54, 1.807) is 18.9 Å². The summed E-state index contributed by atoms with van der Waals surface area (Å²) in [4.78, 5) is 18.2. The van der Waals surface area contributed by atoms with Crippen molar-refractivity contribution >= 4 is 29.0 Å². The van der Waals surface area contributed by atoms with Crippen molar-refractivity contribution in [2.45, 2.75) is 10.3 Å². The number of hydrogen-bond donors (Lipinski definition) is 1. The van der Waals surface area contributed by atoms with Gasteiger partial charge in [0.05, 0.1) is 18.5 Å². The van der Waals surface area contributed by atoms with Crippen molar-refractivity contribution in [2.75, 3.05) is 43.5 Å². The highest BCUT2D eigenvalue weighted by Crippen LogP contribution is 2.37. The van der Waals surface area contributed by atoms with E-state index in [4.69, 9.17) is 4.74 Å². The number of rotatable bonds is 3. The minimum Gasteiger partial charge on any atom is -0.495 e. The molecule has 0 spiro atoms. The zero-order chi connectivity index (χ0) is 17.2. The standard InChI is InChI=1S/C19H21N3O2S/c1-24-16-8-4-3-7-15(16)21-10-12-22(13-11-21)19-18(23)20-14-6-2-5-9-17(14)25-19/h2-9,19H,10-13H2,1H3,(H,20,23)/t19-/m0/s1. The topological polar surface area (TPSA) is 44.8 Å². The molecule has 1 fully saturated rings. The fourth-order valence-electron chi connectivity index (χ4n) is 3.37. The zero-order valence-corrected chi connectivity index (χ0v) is 15.0. The minimum absolute atomic E-state index is 0.0782. The molecule has 0 bridgehead atoms. The van der Waals surface area contributed by atoms with Gasteiger partial charge in [-0.2, -0.15) is 0 Å². The molecular weight excluding hydrogens is 334 g/mol. The Hall–Kier alpha value is -2.18. The number of methoxy groups -OCH3 is 1. The number of carbonyl (C=O) groups is 1. The highest BCUT2D eigenvalue weighted by molar-refractivity contribution is 8.00. The number of para-hydroxylation sites is 3. The van der Waals surface area contributed by atoms with Gasteiger partial charge in [-0.3, -0.25) is 9.69 Å². The number of amides is 1. The van der Waals surface area contributed by atoms with E-state index in [9.17, 15) is 4.79 Å². The molecule has 2 aromatic carbocycles. The molecule has 1 atom stereocenters. The van der Waals surface area contributed by atoms with Crippen molar-refractivity contribution in [2.24, 2.45) is 0 Å². The van der Waals surface area contributed by atoms with E-state index in [2.05, 4.69) is 27.2 Å². The Kier molecular flexibility index (Phi) is 4.55. The van der Waals surface area contributed by atoms with Crippen molar-refractivity contribution in [3.63, 3.8) is 0 Å². The number of thioether (sulfide) groups is 1. The summed E-state index contributed by atoms with van der Waals surface area (Å²) in [6.07, 6.45) is 0. The molecule has 1 saturated heterocycles. The van der Waals surface area contributed by atoms with Gasteiger partial charge in [0.1, 0.15) is 11.1 Å². The maximum Gasteiger partial charge on any atom is 0.252 e. The van der Waals surface area contributed by atoms with Gasteiger partial charge in [-0.1, -0.05) is 36.0 Å². The predicted octanol–water partition coefficient (Wildman–Crippen LogP) is 2.89. The third-order valence-electron chi connectivity index (χ3n) is 4.68. The first kappa shape index (κ1) is 16.3. The molecule has 1 N–H and O–H groups in total. The Morgan fingerprint density at radius 3 is 2.56 bits per heavy atom. The van der Waals surface area contributed by atoms with Crippen LogP contribution in [0.5, 0.6) is 5.75 Å². The Bertz CT molecular complexity index is 775. The Morgan fingerprint density at radius 2 is 1.76 bits per heavy atom. The molecule has 0 saturated carbocycles. The lowest BCUT2D eigenvalue weighted by Crippen LogP contribution is -2.53. The van der Waals surface area contributed by atoms with Crippen molar-refractivity contribution in [1.82, 2.24) is 4.90 Å². The van der Waals surface area contributed by atoms with Crippen LogP contribution in [0.2, 0.25) is 0 Å². The van der Waals surface area contributed by atoms with Gasteiger partial charge in [-0.25, -0.2) is 0 Å². The van der Waals surface area contributed by atoms with Crippen LogP contribution in [0.1, 0.15) is 0 Å². The molecule has 2 aliphatic heterocycles. The summed E-state index contributed by atoms with van der Waals surface area (Å²) in [5, 5.41) is 2.88. The lowest BCUT2D eigenvalue weighted by Gasteiger charge is -2.40. The molecular formula is C19H21N3O2S. The van der Waals surface area contributed by atoms with Gasteiger partial charge in [-0.15, -0.1) is 0 Å². The fourth-order valence-corrected chi connectivity index (χ4v) is 4.54. The number of benzene rings is 2. The van der Waals surface area contributed by atoms with Crippen LogP contribution >= 0.6 is 11.8 Å². The summed E-state index contributed by atoms with van der Waals surface area (Å²) in [6.45, 7) is 3.47. The van der Waals surface area contributed by atoms with Gasteiger partial charge in [0.2, 0.25) is 0 Å². The van der Waals surface area contributed by atoms with Gasteiger partial charge in [0.15, 0.2) is 0 Å². The van der Waals surface area contributed by atoms with Crippen LogP contribution in [0.25, 0.3) is 0 Å². The van der Waals surface area contributed by atoms with Crippen molar-refractivity contribution < 1.29 is 9.53 Å². The minimum atomic E-state index is -0.158. The largest absolute Gasteiger partial charge is 0.495 e. The van der Waals surface area contributed by atoms with Gasteiger partial charge >= 0.3 is 0 Å². The third kappa shape index (κ3) is 3.19. The SMILES string of the molecule is COc1ccccc1N1CCN([C@H]2Sc3ccccc3NC2=O)CC1. The molecule has 0 unspecified atom stereocenters. The van der Waals surface area contributed by atoms with Gasteiger partial charge in [-0.05, 0) is 24.3 Å². The van der Waals surface area contributed by atoms with Crippen LogP contribution in [-0.4, -0.2) is 49.5 Å². The van der Waals surface area contributed by atoms with Crippen molar-refractivity contribution in [1.29, 1.82) is 0 Å². The van der Waals surface area contributed by atoms with Crippen LogP contribution in [0.3, 0.4) is 0 Å². The van der Waals surface area contributed by atoms with Crippen LogP contribution in [0.15, 0.2) is 53.4 Å². The quantitative estimate of drug-likeness (QED) is 0.917. The normalized spacial score (nSPS) is 20.8. The number of hydrogen-bond acceptors (Lipinski definition) is 5. The van der Waals surface area contributed by atoms with E-state index < -0.39 is 0 Å². The van der Waals surface area contributed by atoms with Crippen molar-refractivity contribution in [3.8, 4) is 5.75 Å². The van der Waals surface area contributed by atoms with Crippen LogP contribution in [0.4, 0.5) is 11.4 Å². The molecule has 5 nitrogen and oxygen atoms in total. The highest BCUT2D eigenvalue weighted by atomic mass is 32.2. The lowest BCUT2D eigenvalue weighted by atomic mass is 10.2. The Morgan fingerprint density at radius 1 is 1.04 bits per heavy atom. The molecule has 2 aliphatic rings. The van der Waals surface area contributed by atoms with Gasteiger partial charge in [0, 0.05) is 31.1 Å². The first-order chi connectivity index (χ1) is 12.3. The second kappa shape index (κ2) is 6.98. The highest BCUT2D eigenvalue weighted by Gasteiger charge is 2.34. The average molecular weight is 355 g/mol. The summed E-state index contributed by atoms with van der Waals surface area (Å²) in [5.74, 6) is 0.976.